The molecule has 0 aromatic heterocycles. The molecule has 0 amide bonds. The normalized spacial score (nSPS) is 23.3. The van der Waals surface area contributed by atoms with Gasteiger partial charge in [-0.1, -0.05) is 110 Å². The summed E-state index contributed by atoms with van der Waals surface area (Å²) in [6.07, 6.45) is 12.6. The van der Waals surface area contributed by atoms with Crippen molar-refractivity contribution in [1.82, 2.24) is 0 Å². The summed E-state index contributed by atoms with van der Waals surface area (Å²) < 4.78 is 57.2. The summed E-state index contributed by atoms with van der Waals surface area (Å²) in [6, 6.07) is 0. The number of carbonyl (C=O) groups is 1. The second kappa shape index (κ2) is 24.3. The second-order valence-corrected chi connectivity index (χ2v) is 12.5. The average Bonchev–Trinajstić information content (AvgIpc) is 2.95. The van der Waals surface area contributed by atoms with Crippen LogP contribution in [0.2, 0.25) is 0 Å². The lowest BCUT2D eigenvalue weighted by atomic mass is 9.99. The van der Waals surface area contributed by atoms with Gasteiger partial charge in [0.15, 0.2) is 6.29 Å². The van der Waals surface area contributed by atoms with Crippen molar-refractivity contribution in [2.45, 2.75) is 160 Å². The topological polar surface area (TPSA) is 178 Å². The van der Waals surface area contributed by atoms with E-state index in [1.807, 2.05) is 0 Å². The number of aliphatic hydroxyl groups is 3. The lowest BCUT2D eigenvalue weighted by molar-refractivity contribution is -0.301. The van der Waals surface area contributed by atoms with Crippen molar-refractivity contribution in [3.05, 3.63) is 0 Å². The van der Waals surface area contributed by atoms with Gasteiger partial charge in [-0.15, -0.1) is 0 Å². The number of hydrogen-bond acceptors (Lipinski definition) is 11. The molecule has 1 rings (SSSR count). The maximum absolute atomic E-state index is 11.5. The van der Waals surface area contributed by atoms with Gasteiger partial charge in [0.1, 0.15) is 30.5 Å². The predicted molar refractivity (Wildman–Crippen MR) is 161 cm³/mol. The van der Waals surface area contributed by atoms with Gasteiger partial charge in [0.25, 0.3) is 0 Å². The van der Waals surface area contributed by atoms with E-state index in [0.717, 1.165) is 19.3 Å². The van der Waals surface area contributed by atoms with E-state index >= 15 is 0 Å². The van der Waals surface area contributed by atoms with E-state index in [9.17, 15) is 28.5 Å². The Hall–Kier alpha value is -0.900. The van der Waals surface area contributed by atoms with Crippen LogP contribution >= 0.6 is 0 Å². The zero-order valence-corrected chi connectivity index (χ0v) is 27.1. The fourth-order valence-corrected chi connectivity index (χ4v) is 5.65. The SMILES string of the molecule is CCCCCCCCCCCCCCCCCCCOCC(COC1OC(CO)C(O)C(OS(=O)(=O)O)C1O)OC(C)=O. The highest BCUT2D eigenvalue weighted by Gasteiger charge is 2.48. The molecule has 0 aromatic carbocycles. The molecule has 1 aliphatic rings. The number of ether oxygens (including phenoxy) is 4. The first-order valence-electron chi connectivity index (χ1n) is 16.2. The number of esters is 1. The highest BCUT2D eigenvalue weighted by molar-refractivity contribution is 7.80. The Bertz CT molecular complexity index is 796. The first-order valence-corrected chi connectivity index (χ1v) is 17.6. The Kier molecular flexibility index (Phi) is 22.7. The van der Waals surface area contributed by atoms with Gasteiger partial charge in [0, 0.05) is 13.5 Å². The molecule has 0 saturated carbocycles. The number of rotatable bonds is 27. The molecule has 1 saturated heterocycles. The first-order chi connectivity index (χ1) is 20.6. The predicted octanol–water partition coefficient (Wildman–Crippen LogP) is 4.23. The van der Waals surface area contributed by atoms with Crippen molar-refractivity contribution >= 4 is 16.4 Å². The molecule has 13 heteroatoms. The molecule has 1 heterocycles. The van der Waals surface area contributed by atoms with Gasteiger partial charge in [-0.05, 0) is 6.42 Å². The van der Waals surface area contributed by atoms with E-state index in [1.54, 1.807) is 0 Å². The quantitative estimate of drug-likeness (QED) is 0.0570. The van der Waals surface area contributed by atoms with E-state index in [4.69, 9.17) is 23.5 Å². The average molecular weight is 643 g/mol. The van der Waals surface area contributed by atoms with Crippen molar-refractivity contribution in [3.8, 4) is 0 Å². The van der Waals surface area contributed by atoms with E-state index < -0.39 is 59.8 Å². The molecule has 0 bridgehead atoms. The fraction of sp³-hybridized carbons (Fsp3) is 0.967. The molecule has 0 aliphatic carbocycles. The molecule has 6 atom stereocenters. The van der Waals surface area contributed by atoms with Crippen LogP contribution in [0, 0.1) is 0 Å². The van der Waals surface area contributed by atoms with Crippen LogP contribution in [-0.2, 0) is 38.3 Å². The third kappa shape index (κ3) is 20.0. The van der Waals surface area contributed by atoms with Crippen LogP contribution in [0.15, 0.2) is 0 Å². The van der Waals surface area contributed by atoms with Gasteiger partial charge in [0.05, 0.1) is 19.8 Å². The monoisotopic (exact) mass is 642 g/mol. The van der Waals surface area contributed by atoms with Crippen LogP contribution in [0.4, 0.5) is 0 Å². The summed E-state index contributed by atoms with van der Waals surface area (Å²) in [5.74, 6) is -0.573. The van der Waals surface area contributed by atoms with Crippen LogP contribution < -0.4 is 0 Å². The smallest absolute Gasteiger partial charge is 0.397 e. The van der Waals surface area contributed by atoms with Gasteiger partial charge in [-0.3, -0.25) is 9.35 Å². The molecule has 1 fully saturated rings. The highest BCUT2D eigenvalue weighted by atomic mass is 32.3. The third-order valence-corrected chi connectivity index (χ3v) is 7.99. The van der Waals surface area contributed by atoms with Gasteiger partial charge < -0.3 is 34.3 Å². The Morgan fingerprint density at radius 2 is 1.28 bits per heavy atom. The van der Waals surface area contributed by atoms with Gasteiger partial charge in [0.2, 0.25) is 0 Å². The molecule has 256 valence electrons. The molecule has 6 unspecified atom stereocenters. The molecular weight excluding hydrogens is 584 g/mol. The van der Waals surface area contributed by atoms with Crippen molar-refractivity contribution < 1.29 is 56.2 Å². The summed E-state index contributed by atoms with van der Waals surface area (Å²) in [4.78, 5) is 11.5. The van der Waals surface area contributed by atoms with E-state index in [-0.39, 0.29) is 13.2 Å². The van der Waals surface area contributed by atoms with Crippen LogP contribution in [-0.4, -0.2) is 97.5 Å². The third-order valence-electron chi connectivity index (χ3n) is 7.53. The second-order valence-electron chi connectivity index (χ2n) is 11.5. The standard InChI is InChI=1S/C30H58O12S/c1-3-4-5-6-7-8-9-10-11-12-13-14-15-16-17-18-19-20-38-22-25(40-24(2)32)23-39-30-28(34)29(42-43(35,36)37)27(33)26(21-31)41-30/h25-31,33-34H,3-23H2,1-2H3,(H,35,36,37). The molecule has 0 spiro atoms. The largest absolute Gasteiger partial charge is 0.458 e. The highest BCUT2D eigenvalue weighted by Crippen LogP contribution is 2.26. The molecule has 1 aliphatic heterocycles. The molecule has 0 radical (unpaired) electrons. The molecule has 0 aromatic rings. The van der Waals surface area contributed by atoms with Crippen LogP contribution in [0.5, 0.6) is 0 Å². The Morgan fingerprint density at radius 1 is 0.791 bits per heavy atom. The minimum Gasteiger partial charge on any atom is -0.458 e. The Balaban J connectivity index is 2.17. The van der Waals surface area contributed by atoms with E-state index in [2.05, 4.69) is 11.1 Å². The van der Waals surface area contributed by atoms with Gasteiger partial charge in [-0.2, -0.15) is 8.42 Å². The number of hydrogen-bond donors (Lipinski definition) is 4. The van der Waals surface area contributed by atoms with Crippen molar-refractivity contribution in [2.75, 3.05) is 26.4 Å². The van der Waals surface area contributed by atoms with Crippen molar-refractivity contribution in [2.24, 2.45) is 0 Å². The van der Waals surface area contributed by atoms with Gasteiger partial charge >= 0.3 is 16.4 Å². The van der Waals surface area contributed by atoms with Gasteiger partial charge in [-0.25, -0.2) is 4.18 Å². The minimum absolute atomic E-state index is 0.0260. The van der Waals surface area contributed by atoms with E-state index in [0.29, 0.717) is 6.61 Å². The fourth-order valence-electron chi connectivity index (χ4n) is 5.14. The summed E-state index contributed by atoms with van der Waals surface area (Å²) >= 11 is 0. The lowest BCUT2D eigenvalue weighted by Crippen LogP contribution is -2.60. The molecule has 4 N–H and O–H groups in total. The number of unbranched alkanes of at least 4 members (excludes halogenated alkanes) is 16. The van der Waals surface area contributed by atoms with Crippen molar-refractivity contribution in [3.63, 3.8) is 0 Å². The first kappa shape index (κ1) is 40.1. The molecule has 12 nitrogen and oxygen atoms in total. The summed E-state index contributed by atoms with van der Waals surface area (Å²) in [5, 5.41) is 29.9. The number of aliphatic hydroxyl groups excluding tert-OH is 3. The summed E-state index contributed by atoms with van der Waals surface area (Å²) in [5.41, 5.74) is 0. The van der Waals surface area contributed by atoms with Crippen molar-refractivity contribution in [1.29, 1.82) is 0 Å². The Morgan fingerprint density at radius 3 is 1.72 bits per heavy atom. The Labute approximate surface area is 258 Å². The van der Waals surface area contributed by atoms with Crippen LogP contribution in [0.1, 0.15) is 123 Å². The molecule has 43 heavy (non-hydrogen) atoms. The van der Waals surface area contributed by atoms with E-state index in [1.165, 1.54) is 96.8 Å². The lowest BCUT2D eigenvalue weighted by Gasteiger charge is -2.41. The maximum atomic E-state index is 11.5. The van der Waals surface area contributed by atoms with Crippen LogP contribution in [0.3, 0.4) is 0 Å². The summed E-state index contributed by atoms with van der Waals surface area (Å²) in [7, 11) is -5.03. The zero-order chi connectivity index (χ0) is 31.9. The number of carbonyl (C=O) groups excluding carboxylic acids is 1. The zero-order valence-electron chi connectivity index (χ0n) is 26.3. The minimum atomic E-state index is -5.03. The maximum Gasteiger partial charge on any atom is 0.397 e. The summed E-state index contributed by atoms with van der Waals surface area (Å²) in [6.45, 7) is 2.96. The van der Waals surface area contributed by atoms with Crippen LogP contribution in [0.25, 0.3) is 0 Å². The molecular formula is C30H58O12S.